The summed E-state index contributed by atoms with van der Waals surface area (Å²) in [5, 5.41) is 0. The Kier molecular flexibility index (Phi) is 7.71. The zero-order valence-corrected chi connectivity index (χ0v) is 13.9. The highest BCUT2D eigenvalue weighted by atomic mass is 32.2. The molecule has 0 aliphatic carbocycles. The molecule has 6 heteroatoms. The van der Waals surface area contributed by atoms with Crippen molar-refractivity contribution in [2.45, 2.75) is 31.6 Å². The highest BCUT2D eigenvalue weighted by Crippen LogP contribution is 2.20. The van der Waals surface area contributed by atoms with Crippen molar-refractivity contribution < 1.29 is 17.9 Å². The number of benzene rings is 1. The number of nitrogens with zero attached hydrogens (tertiary/aromatic N) is 1. The van der Waals surface area contributed by atoms with Crippen molar-refractivity contribution in [1.29, 1.82) is 0 Å². The van der Waals surface area contributed by atoms with Gasteiger partial charge in [-0.1, -0.05) is 20.3 Å². The Labute approximate surface area is 127 Å². The summed E-state index contributed by atoms with van der Waals surface area (Å²) >= 11 is 0. The standard InChI is InChI=1S/C15H25NO4S/c1-4-6-11-16(5-2)21(17,18)15-9-7-14(8-10-15)20-13-12-19-3/h7-10H,4-6,11-13H2,1-3H3. The minimum Gasteiger partial charge on any atom is -0.491 e. The molecule has 120 valence electrons. The molecule has 0 saturated carbocycles. The molecule has 0 bridgehead atoms. The molecule has 5 nitrogen and oxygen atoms in total. The van der Waals surface area contributed by atoms with E-state index in [0.717, 1.165) is 12.8 Å². The normalized spacial score (nSPS) is 11.8. The van der Waals surface area contributed by atoms with Gasteiger partial charge in [-0.15, -0.1) is 0 Å². The van der Waals surface area contributed by atoms with Crippen LogP contribution in [-0.2, 0) is 14.8 Å². The van der Waals surface area contributed by atoms with Crippen LogP contribution in [-0.4, -0.2) is 46.1 Å². The van der Waals surface area contributed by atoms with Crippen LogP contribution >= 0.6 is 0 Å². The van der Waals surface area contributed by atoms with Gasteiger partial charge in [-0.05, 0) is 30.7 Å². The highest BCUT2D eigenvalue weighted by Gasteiger charge is 2.22. The lowest BCUT2D eigenvalue weighted by atomic mass is 10.3. The molecule has 1 aromatic rings. The average Bonchev–Trinajstić information content (AvgIpc) is 2.48. The van der Waals surface area contributed by atoms with Crippen LogP contribution in [0.15, 0.2) is 29.2 Å². The van der Waals surface area contributed by atoms with E-state index < -0.39 is 10.0 Å². The van der Waals surface area contributed by atoms with Crippen molar-refractivity contribution in [3.8, 4) is 5.75 Å². The van der Waals surface area contributed by atoms with Crippen molar-refractivity contribution >= 4 is 10.0 Å². The molecule has 0 aliphatic rings. The lowest BCUT2D eigenvalue weighted by Gasteiger charge is -2.20. The number of unbranched alkanes of at least 4 members (excludes halogenated alkanes) is 1. The van der Waals surface area contributed by atoms with E-state index in [-0.39, 0.29) is 0 Å². The van der Waals surface area contributed by atoms with Gasteiger partial charge in [0.1, 0.15) is 12.4 Å². The van der Waals surface area contributed by atoms with Gasteiger partial charge >= 0.3 is 0 Å². The van der Waals surface area contributed by atoms with Crippen LogP contribution < -0.4 is 4.74 Å². The number of methoxy groups -OCH3 is 1. The molecule has 0 heterocycles. The molecule has 0 aliphatic heterocycles. The molecule has 21 heavy (non-hydrogen) atoms. The van der Waals surface area contributed by atoms with Gasteiger partial charge in [0, 0.05) is 20.2 Å². The van der Waals surface area contributed by atoms with Crippen molar-refractivity contribution in [3.05, 3.63) is 24.3 Å². The first-order valence-corrected chi connectivity index (χ1v) is 8.72. The SMILES string of the molecule is CCCCN(CC)S(=O)(=O)c1ccc(OCCOC)cc1. The van der Waals surface area contributed by atoms with E-state index in [1.165, 1.54) is 4.31 Å². The van der Waals surface area contributed by atoms with Gasteiger partial charge in [0.15, 0.2) is 0 Å². The topological polar surface area (TPSA) is 55.8 Å². The molecule has 0 amide bonds. The van der Waals surface area contributed by atoms with Gasteiger partial charge in [0.25, 0.3) is 0 Å². The van der Waals surface area contributed by atoms with E-state index in [2.05, 4.69) is 0 Å². The number of rotatable bonds is 10. The molecule has 0 spiro atoms. The summed E-state index contributed by atoms with van der Waals surface area (Å²) in [4.78, 5) is 0.305. The first kappa shape index (κ1) is 17.9. The van der Waals surface area contributed by atoms with Gasteiger partial charge in [-0.25, -0.2) is 8.42 Å². The maximum absolute atomic E-state index is 12.5. The fraction of sp³-hybridized carbons (Fsp3) is 0.600. The fourth-order valence-corrected chi connectivity index (χ4v) is 3.37. The molecule has 0 radical (unpaired) electrons. The molecule has 1 aromatic carbocycles. The second-order valence-corrected chi connectivity index (χ2v) is 6.60. The van der Waals surface area contributed by atoms with Crippen LogP contribution in [0.25, 0.3) is 0 Å². The zero-order valence-electron chi connectivity index (χ0n) is 13.0. The van der Waals surface area contributed by atoms with Crippen LogP contribution in [0.2, 0.25) is 0 Å². The van der Waals surface area contributed by atoms with E-state index in [4.69, 9.17) is 9.47 Å². The van der Waals surface area contributed by atoms with Gasteiger partial charge in [-0.3, -0.25) is 0 Å². The van der Waals surface area contributed by atoms with E-state index in [1.54, 1.807) is 31.4 Å². The largest absolute Gasteiger partial charge is 0.491 e. The molecule has 0 atom stereocenters. The first-order chi connectivity index (χ1) is 10.1. The Morgan fingerprint density at radius 3 is 2.29 bits per heavy atom. The summed E-state index contributed by atoms with van der Waals surface area (Å²) in [7, 11) is -1.81. The quantitative estimate of drug-likeness (QED) is 0.623. The molecule has 0 fully saturated rings. The van der Waals surface area contributed by atoms with Crippen LogP contribution in [0.1, 0.15) is 26.7 Å². The van der Waals surface area contributed by atoms with Crippen molar-refractivity contribution in [2.24, 2.45) is 0 Å². The van der Waals surface area contributed by atoms with E-state index in [9.17, 15) is 8.42 Å². The molecule has 0 N–H and O–H groups in total. The summed E-state index contributed by atoms with van der Waals surface area (Å²) in [6.07, 6.45) is 1.84. The summed E-state index contributed by atoms with van der Waals surface area (Å²) in [6.45, 7) is 5.89. The number of hydrogen-bond acceptors (Lipinski definition) is 4. The van der Waals surface area contributed by atoms with Crippen LogP contribution in [0.5, 0.6) is 5.75 Å². The van der Waals surface area contributed by atoms with Gasteiger partial charge in [-0.2, -0.15) is 4.31 Å². The summed E-state index contributed by atoms with van der Waals surface area (Å²) in [5.41, 5.74) is 0. The van der Waals surface area contributed by atoms with Crippen molar-refractivity contribution in [1.82, 2.24) is 4.31 Å². The second kappa shape index (κ2) is 9.02. The third-order valence-electron chi connectivity index (χ3n) is 3.13. The number of hydrogen-bond donors (Lipinski definition) is 0. The Morgan fingerprint density at radius 1 is 1.10 bits per heavy atom. The fourth-order valence-electron chi connectivity index (χ4n) is 1.88. The number of ether oxygens (including phenoxy) is 2. The molecule has 1 rings (SSSR count). The summed E-state index contributed by atoms with van der Waals surface area (Å²) in [6, 6.07) is 6.53. The summed E-state index contributed by atoms with van der Waals surface area (Å²) in [5.74, 6) is 0.641. The third-order valence-corrected chi connectivity index (χ3v) is 5.12. The zero-order chi connectivity index (χ0) is 15.7. The summed E-state index contributed by atoms with van der Waals surface area (Å²) < 4.78 is 36.9. The average molecular weight is 315 g/mol. The smallest absolute Gasteiger partial charge is 0.243 e. The lowest BCUT2D eigenvalue weighted by Crippen LogP contribution is -2.31. The lowest BCUT2D eigenvalue weighted by molar-refractivity contribution is 0.146. The van der Waals surface area contributed by atoms with Crippen LogP contribution in [0, 0.1) is 0 Å². The Morgan fingerprint density at radius 2 is 1.76 bits per heavy atom. The molecule has 0 unspecified atom stereocenters. The Bertz CT molecular complexity index is 499. The number of sulfonamides is 1. The van der Waals surface area contributed by atoms with E-state index >= 15 is 0 Å². The van der Waals surface area contributed by atoms with Gasteiger partial charge in [0.2, 0.25) is 10.0 Å². The maximum atomic E-state index is 12.5. The van der Waals surface area contributed by atoms with Crippen molar-refractivity contribution in [2.75, 3.05) is 33.4 Å². The Balaban J connectivity index is 2.78. The third kappa shape index (κ3) is 5.30. The Hall–Kier alpha value is -1.11. The minimum absolute atomic E-state index is 0.305. The predicted molar refractivity (Wildman–Crippen MR) is 83.2 cm³/mol. The van der Waals surface area contributed by atoms with Gasteiger partial charge in [0.05, 0.1) is 11.5 Å². The molecular weight excluding hydrogens is 290 g/mol. The first-order valence-electron chi connectivity index (χ1n) is 7.28. The molecule has 0 aromatic heterocycles. The predicted octanol–water partition coefficient (Wildman–Crippen LogP) is 2.52. The molecular formula is C15H25NO4S. The minimum atomic E-state index is -3.41. The van der Waals surface area contributed by atoms with E-state index in [1.807, 2.05) is 13.8 Å². The second-order valence-electron chi connectivity index (χ2n) is 4.66. The van der Waals surface area contributed by atoms with Crippen LogP contribution in [0.4, 0.5) is 0 Å². The van der Waals surface area contributed by atoms with Crippen molar-refractivity contribution in [3.63, 3.8) is 0 Å². The molecule has 0 saturated heterocycles. The highest BCUT2D eigenvalue weighted by molar-refractivity contribution is 7.89. The monoisotopic (exact) mass is 315 g/mol. The van der Waals surface area contributed by atoms with E-state index in [0.29, 0.717) is 36.9 Å². The maximum Gasteiger partial charge on any atom is 0.243 e. The van der Waals surface area contributed by atoms with Crippen LogP contribution in [0.3, 0.4) is 0 Å². The van der Waals surface area contributed by atoms with Gasteiger partial charge < -0.3 is 9.47 Å².